The van der Waals surface area contributed by atoms with E-state index in [-0.39, 0.29) is 10.0 Å². The Hall–Kier alpha value is -1.97. The van der Waals surface area contributed by atoms with Crippen LogP contribution in [-0.2, 0) is 17.1 Å². The molecule has 1 fully saturated rings. The number of halogens is 1. The van der Waals surface area contributed by atoms with Crippen LogP contribution in [0.5, 0.6) is 0 Å². The van der Waals surface area contributed by atoms with Gasteiger partial charge in [0.25, 0.3) is 0 Å². The Morgan fingerprint density at radius 2 is 1.96 bits per heavy atom. The molecule has 1 aliphatic heterocycles. The van der Waals surface area contributed by atoms with Gasteiger partial charge < -0.3 is 0 Å². The van der Waals surface area contributed by atoms with Crippen molar-refractivity contribution >= 4 is 27.3 Å². The van der Waals surface area contributed by atoms with Gasteiger partial charge in [0.15, 0.2) is 5.65 Å². The first-order chi connectivity index (χ1) is 12.4. The molecule has 0 bridgehead atoms. The van der Waals surface area contributed by atoms with Gasteiger partial charge in [-0.05, 0) is 42.9 Å². The largest absolute Gasteiger partial charge is 0.256 e. The molecule has 10 heteroatoms. The number of fused-ring (bicyclic) bond motifs is 1. The van der Waals surface area contributed by atoms with E-state index in [4.69, 9.17) is 11.6 Å². The number of nitrogens with zero attached hydrogens (tertiary/aromatic N) is 6. The Morgan fingerprint density at radius 3 is 2.62 bits per heavy atom. The van der Waals surface area contributed by atoms with Crippen molar-refractivity contribution in [1.82, 2.24) is 28.7 Å². The molecule has 26 heavy (non-hydrogen) atoms. The van der Waals surface area contributed by atoms with Crippen LogP contribution >= 0.6 is 11.6 Å². The second kappa shape index (κ2) is 6.33. The monoisotopic (exact) mass is 394 g/mol. The molecular formula is C16H19ClN6O2S. The summed E-state index contributed by atoms with van der Waals surface area (Å²) in [6.45, 7) is 2.96. The molecule has 4 rings (SSSR count). The predicted molar refractivity (Wildman–Crippen MR) is 96.7 cm³/mol. The number of pyridine rings is 1. The molecule has 0 N–H and O–H groups in total. The summed E-state index contributed by atoms with van der Waals surface area (Å²) >= 11 is 6.08. The van der Waals surface area contributed by atoms with Crippen LogP contribution in [0.25, 0.3) is 5.65 Å². The van der Waals surface area contributed by atoms with E-state index in [2.05, 4.69) is 22.1 Å². The van der Waals surface area contributed by atoms with Crippen molar-refractivity contribution in [3.8, 4) is 0 Å². The van der Waals surface area contributed by atoms with E-state index in [1.807, 2.05) is 12.3 Å². The first kappa shape index (κ1) is 17.4. The summed E-state index contributed by atoms with van der Waals surface area (Å²) in [5.41, 5.74) is 3.17. The highest BCUT2D eigenvalue weighted by Gasteiger charge is 2.33. The lowest BCUT2D eigenvalue weighted by Crippen LogP contribution is -2.38. The topological polar surface area (TPSA) is 85.4 Å². The molecule has 8 nitrogen and oxygen atoms in total. The molecule has 3 aromatic heterocycles. The summed E-state index contributed by atoms with van der Waals surface area (Å²) in [4.78, 5) is 4.27. The highest BCUT2D eigenvalue weighted by atomic mass is 35.5. The van der Waals surface area contributed by atoms with E-state index in [9.17, 15) is 8.42 Å². The molecule has 0 spiro atoms. The number of hydrogen-bond donors (Lipinski definition) is 0. The molecule has 1 aliphatic rings. The van der Waals surface area contributed by atoms with Crippen molar-refractivity contribution in [3.05, 3.63) is 41.1 Å². The molecule has 0 aliphatic carbocycles. The van der Waals surface area contributed by atoms with E-state index in [0.717, 1.165) is 24.1 Å². The summed E-state index contributed by atoms with van der Waals surface area (Å²) in [6.07, 6.45) is 6.35. The van der Waals surface area contributed by atoms with Crippen LogP contribution in [0, 0.1) is 6.92 Å². The Kier molecular flexibility index (Phi) is 4.25. The van der Waals surface area contributed by atoms with Crippen LogP contribution in [0.3, 0.4) is 0 Å². The highest BCUT2D eigenvalue weighted by molar-refractivity contribution is 7.89. The van der Waals surface area contributed by atoms with Crippen molar-refractivity contribution in [2.75, 3.05) is 13.1 Å². The molecule has 3 aromatic rings. The van der Waals surface area contributed by atoms with Gasteiger partial charge in [-0.15, -0.1) is 0 Å². The van der Waals surface area contributed by atoms with Crippen molar-refractivity contribution in [3.63, 3.8) is 0 Å². The van der Waals surface area contributed by atoms with Crippen LogP contribution in [0.1, 0.15) is 29.9 Å². The number of rotatable bonds is 3. The molecule has 1 saturated heterocycles. The summed E-state index contributed by atoms with van der Waals surface area (Å²) in [7, 11) is -2.00. The minimum absolute atomic E-state index is 0.0698. The maximum atomic E-state index is 12.8. The lowest BCUT2D eigenvalue weighted by Gasteiger charge is -2.31. The van der Waals surface area contributed by atoms with Gasteiger partial charge in [-0.2, -0.15) is 14.5 Å². The second-order valence-electron chi connectivity index (χ2n) is 6.58. The van der Waals surface area contributed by atoms with Crippen LogP contribution in [0.2, 0.25) is 5.15 Å². The fourth-order valence-electron chi connectivity index (χ4n) is 3.52. The third kappa shape index (κ3) is 2.80. The van der Waals surface area contributed by atoms with Crippen molar-refractivity contribution < 1.29 is 8.42 Å². The Bertz CT molecular complexity index is 1070. The number of hydrogen-bond acceptors (Lipinski definition) is 5. The van der Waals surface area contributed by atoms with Gasteiger partial charge in [-0.25, -0.2) is 17.9 Å². The zero-order valence-corrected chi connectivity index (χ0v) is 16.1. The zero-order valence-electron chi connectivity index (χ0n) is 14.5. The Morgan fingerprint density at radius 1 is 1.23 bits per heavy atom. The number of sulfonamides is 1. The van der Waals surface area contributed by atoms with Gasteiger partial charge in [-0.3, -0.25) is 4.68 Å². The van der Waals surface area contributed by atoms with E-state index < -0.39 is 10.0 Å². The van der Waals surface area contributed by atoms with E-state index >= 15 is 0 Å². The Balaban J connectivity index is 1.55. The Labute approximate surface area is 156 Å². The van der Waals surface area contributed by atoms with Crippen LogP contribution in [-0.4, -0.2) is 50.2 Å². The third-order valence-corrected chi connectivity index (χ3v) is 7.47. The molecule has 138 valence electrons. The summed E-state index contributed by atoms with van der Waals surface area (Å²) in [5, 5.41) is 8.27. The summed E-state index contributed by atoms with van der Waals surface area (Å²) in [6, 6.07) is 2.01. The molecule has 0 unspecified atom stereocenters. The van der Waals surface area contributed by atoms with Crippen molar-refractivity contribution in [2.45, 2.75) is 30.6 Å². The van der Waals surface area contributed by atoms with Crippen molar-refractivity contribution in [1.29, 1.82) is 0 Å². The summed E-state index contributed by atoms with van der Waals surface area (Å²) < 4.78 is 30.3. The normalized spacial score (nSPS) is 17.2. The highest BCUT2D eigenvalue weighted by Crippen LogP contribution is 2.33. The maximum absolute atomic E-state index is 12.8. The fourth-order valence-corrected chi connectivity index (χ4v) is 5.40. The smallest absolute Gasteiger partial charge is 0.247 e. The predicted octanol–water partition coefficient (Wildman–Crippen LogP) is 1.99. The molecule has 0 radical (unpaired) electrons. The van der Waals surface area contributed by atoms with Gasteiger partial charge in [-0.1, -0.05) is 11.6 Å². The quantitative estimate of drug-likeness (QED) is 0.678. The maximum Gasteiger partial charge on any atom is 0.247 e. The van der Waals surface area contributed by atoms with Gasteiger partial charge in [0, 0.05) is 26.3 Å². The zero-order chi connectivity index (χ0) is 18.5. The standard InChI is InChI=1S/C16H19ClN6O2S/c1-11-7-15-18-10-20-23(15)9-13(11)12-3-5-22(6-4-12)26(24,25)14-8-19-21(2)16(14)17/h7-10,12H,3-6H2,1-2H3. The van der Waals surface area contributed by atoms with E-state index in [0.29, 0.717) is 19.0 Å². The average Bonchev–Trinajstić information content (AvgIpc) is 3.21. The minimum atomic E-state index is -3.62. The van der Waals surface area contributed by atoms with Crippen molar-refractivity contribution in [2.24, 2.45) is 7.05 Å². The summed E-state index contributed by atoms with van der Waals surface area (Å²) in [5.74, 6) is 0.291. The minimum Gasteiger partial charge on any atom is -0.256 e. The van der Waals surface area contributed by atoms with E-state index in [1.54, 1.807) is 11.6 Å². The first-order valence-electron chi connectivity index (χ1n) is 8.35. The third-order valence-electron chi connectivity index (χ3n) is 5.01. The number of piperidine rings is 1. The van der Waals surface area contributed by atoms with Gasteiger partial charge in [0.1, 0.15) is 16.4 Å². The fraction of sp³-hybridized carbons (Fsp3) is 0.438. The molecule has 0 amide bonds. The van der Waals surface area contributed by atoms with Crippen LogP contribution in [0.15, 0.2) is 29.7 Å². The van der Waals surface area contributed by atoms with Crippen LogP contribution < -0.4 is 0 Å². The average molecular weight is 395 g/mol. The molecule has 0 atom stereocenters. The molecule has 0 aromatic carbocycles. The van der Waals surface area contributed by atoms with Gasteiger partial charge in [0.05, 0.1) is 6.20 Å². The number of aryl methyl sites for hydroxylation is 2. The van der Waals surface area contributed by atoms with Gasteiger partial charge >= 0.3 is 0 Å². The molecule has 0 saturated carbocycles. The van der Waals surface area contributed by atoms with Crippen LogP contribution in [0.4, 0.5) is 0 Å². The first-order valence-corrected chi connectivity index (χ1v) is 10.2. The van der Waals surface area contributed by atoms with E-state index in [1.165, 1.54) is 27.1 Å². The SMILES string of the molecule is Cc1cc2ncnn2cc1C1CCN(S(=O)(=O)c2cnn(C)c2Cl)CC1. The lowest BCUT2D eigenvalue weighted by atomic mass is 9.89. The van der Waals surface area contributed by atoms with Gasteiger partial charge in [0.2, 0.25) is 10.0 Å². The number of aromatic nitrogens is 5. The second-order valence-corrected chi connectivity index (χ2v) is 8.84. The lowest BCUT2D eigenvalue weighted by molar-refractivity contribution is 0.318. The molecule has 4 heterocycles. The molecular weight excluding hydrogens is 376 g/mol.